The van der Waals surface area contributed by atoms with Crippen LogP contribution in [0.5, 0.6) is 5.75 Å². The van der Waals surface area contributed by atoms with Crippen LogP contribution in [0.2, 0.25) is 0 Å². The fraction of sp³-hybridized carbons (Fsp3) is 0.750. The number of carbonyl (C=O) groups is 1. The summed E-state index contributed by atoms with van der Waals surface area (Å²) in [6.07, 6.45) is 18.9. The van der Waals surface area contributed by atoms with E-state index in [4.69, 9.17) is 4.74 Å². The van der Waals surface area contributed by atoms with Crippen molar-refractivity contribution in [2.75, 3.05) is 13.2 Å². The molecule has 0 bridgehead atoms. The molecule has 0 radical (unpaired) electrons. The molecule has 0 fully saturated rings. The number of nitrogens with one attached hydrogen (secondary N) is 1. The number of carbonyl (C=O) groups excluding carboxylic acids is 1. The zero-order chi connectivity index (χ0) is 22.7. The first kappa shape index (κ1) is 27.5. The van der Waals surface area contributed by atoms with Crippen LogP contribution in [-0.4, -0.2) is 19.1 Å². The number of ether oxygens (including phenoxy) is 1. The normalized spacial score (nSPS) is 11.1. The second-order valence-corrected chi connectivity index (χ2v) is 9.43. The number of benzene rings is 1. The van der Waals surface area contributed by atoms with Crippen molar-refractivity contribution in [3.8, 4) is 5.75 Å². The quantitative estimate of drug-likeness (QED) is 0.225. The van der Waals surface area contributed by atoms with E-state index in [0.29, 0.717) is 5.92 Å². The van der Waals surface area contributed by atoms with Gasteiger partial charge in [0.1, 0.15) is 5.75 Å². The predicted molar refractivity (Wildman–Crippen MR) is 134 cm³/mol. The van der Waals surface area contributed by atoms with E-state index in [1.54, 1.807) is 0 Å². The van der Waals surface area contributed by atoms with Crippen molar-refractivity contribution < 1.29 is 9.53 Å². The Labute approximate surface area is 192 Å². The summed E-state index contributed by atoms with van der Waals surface area (Å²) in [5.74, 6) is 1.20. The molecule has 178 valence electrons. The van der Waals surface area contributed by atoms with Gasteiger partial charge in [-0.3, -0.25) is 4.79 Å². The third-order valence-electron chi connectivity index (χ3n) is 6.00. The van der Waals surface area contributed by atoms with Crippen molar-refractivity contribution in [2.24, 2.45) is 0 Å². The molecular formula is C28H49NO2. The van der Waals surface area contributed by atoms with Gasteiger partial charge in [0.2, 0.25) is 0 Å². The minimum atomic E-state index is -0.0223. The van der Waals surface area contributed by atoms with Gasteiger partial charge in [-0.2, -0.15) is 0 Å². The minimum Gasteiger partial charge on any atom is -0.483 e. The van der Waals surface area contributed by atoms with E-state index in [0.717, 1.165) is 29.8 Å². The molecule has 31 heavy (non-hydrogen) atoms. The zero-order valence-electron chi connectivity index (χ0n) is 20.9. The highest BCUT2D eigenvalue weighted by molar-refractivity contribution is 5.77. The number of amides is 1. The van der Waals surface area contributed by atoms with Gasteiger partial charge in [0, 0.05) is 6.54 Å². The summed E-state index contributed by atoms with van der Waals surface area (Å²) in [5.41, 5.74) is 2.31. The van der Waals surface area contributed by atoms with Crippen LogP contribution in [0.1, 0.15) is 128 Å². The molecule has 1 amide bonds. The fourth-order valence-electron chi connectivity index (χ4n) is 3.99. The largest absolute Gasteiger partial charge is 0.483 e. The Bertz CT molecular complexity index is 582. The lowest BCUT2D eigenvalue weighted by atomic mass is 10.0. The van der Waals surface area contributed by atoms with Crippen molar-refractivity contribution in [3.63, 3.8) is 0 Å². The summed E-state index contributed by atoms with van der Waals surface area (Å²) in [6.45, 7) is 9.47. The average Bonchev–Trinajstić information content (AvgIpc) is 2.74. The Morgan fingerprint density at radius 1 is 0.839 bits per heavy atom. The Kier molecular flexibility index (Phi) is 16.1. The van der Waals surface area contributed by atoms with Crippen LogP contribution in [-0.2, 0) is 4.79 Å². The maximum Gasteiger partial charge on any atom is 0.257 e. The second-order valence-electron chi connectivity index (χ2n) is 9.43. The molecule has 1 aromatic rings. The molecule has 0 heterocycles. The van der Waals surface area contributed by atoms with Crippen LogP contribution in [0.25, 0.3) is 0 Å². The molecule has 0 atom stereocenters. The fourth-order valence-corrected chi connectivity index (χ4v) is 3.99. The maximum atomic E-state index is 12.1. The van der Waals surface area contributed by atoms with Crippen LogP contribution < -0.4 is 10.1 Å². The Balaban J connectivity index is 1.95. The first-order valence-corrected chi connectivity index (χ1v) is 13.0. The van der Waals surface area contributed by atoms with Gasteiger partial charge >= 0.3 is 0 Å². The zero-order valence-corrected chi connectivity index (χ0v) is 20.9. The number of aryl methyl sites for hydroxylation is 1. The van der Waals surface area contributed by atoms with Gasteiger partial charge < -0.3 is 10.1 Å². The third kappa shape index (κ3) is 14.2. The summed E-state index contributed by atoms with van der Waals surface area (Å²) >= 11 is 0. The van der Waals surface area contributed by atoms with E-state index in [1.165, 1.54) is 83.5 Å². The third-order valence-corrected chi connectivity index (χ3v) is 6.00. The van der Waals surface area contributed by atoms with Crippen LogP contribution in [0.3, 0.4) is 0 Å². The number of hydrogen-bond donors (Lipinski definition) is 1. The van der Waals surface area contributed by atoms with E-state index < -0.39 is 0 Å². The van der Waals surface area contributed by atoms with Crippen LogP contribution >= 0.6 is 0 Å². The van der Waals surface area contributed by atoms with Crippen LogP contribution in [0.15, 0.2) is 18.2 Å². The highest BCUT2D eigenvalue weighted by atomic mass is 16.5. The molecule has 0 saturated heterocycles. The van der Waals surface area contributed by atoms with E-state index >= 15 is 0 Å². The second kappa shape index (κ2) is 18.1. The summed E-state index contributed by atoms with van der Waals surface area (Å²) in [5, 5.41) is 3.00. The van der Waals surface area contributed by atoms with Crippen molar-refractivity contribution >= 4 is 5.91 Å². The van der Waals surface area contributed by atoms with Gasteiger partial charge in [-0.15, -0.1) is 0 Å². The lowest BCUT2D eigenvalue weighted by molar-refractivity contribution is -0.123. The SMILES string of the molecule is CCCCCCCCCCCCCCCCNC(=O)COc1cc(C)ccc1C(C)C. The average molecular weight is 432 g/mol. The standard InChI is InChI=1S/C28H49NO2/c1-5-6-7-8-9-10-11-12-13-14-15-16-17-18-21-29-28(30)23-31-27-22-25(4)19-20-26(27)24(2)3/h19-20,22,24H,5-18,21,23H2,1-4H3,(H,29,30). The summed E-state index contributed by atoms with van der Waals surface area (Å²) in [7, 11) is 0. The van der Waals surface area contributed by atoms with Crippen molar-refractivity contribution in [1.29, 1.82) is 0 Å². The Morgan fingerprint density at radius 2 is 1.35 bits per heavy atom. The van der Waals surface area contributed by atoms with E-state index in [1.807, 2.05) is 13.0 Å². The highest BCUT2D eigenvalue weighted by Gasteiger charge is 2.10. The molecule has 0 aliphatic rings. The number of hydrogen-bond acceptors (Lipinski definition) is 2. The Hall–Kier alpha value is -1.51. The molecule has 0 saturated carbocycles. The van der Waals surface area contributed by atoms with Crippen LogP contribution in [0, 0.1) is 6.92 Å². The van der Waals surface area contributed by atoms with E-state index in [-0.39, 0.29) is 12.5 Å². The van der Waals surface area contributed by atoms with Crippen molar-refractivity contribution in [1.82, 2.24) is 5.32 Å². The predicted octanol–water partition coefficient (Wildman–Crippen LogP) is 8.09. The Morgan fingerprint density at radius 3 is 1.87 bits per heavy atom. The van der Waals surface area contributed by atoms with Crippen molar-refractivity contribution in [2.45, 2.75) is 124 Å². The van der Waals surface area contributed by atoms with Crippen LogP contribution in [0.4, 0.5) is 0 Å². The van der Waals surface area contributed by atoms with Gasteiger partial charge in [0.25, 0.3) is 5.91 Å². The first-order valence-electron chi connectivity index (χ1n) is 13.0. The van der Waals surface area contributed by atoms with E-state index in [9.17, 15) is 4.79 Å². The molecule has 3 nitrogen and oxygen atoms in total. The monoisotopic (exact) mass is 431 g/mol. The van der Waals surface area contributed by atoms with Gasteiger partial charge in [0.05, 0.1) is 0 Å². The summed E-state index contributed by atoms with van der Waals surface area (Å²) in [6, 6.07) is 6.22. The minimum absolute atomic E-state index is 0.0223. The molecule has 1 rings (SSSR count). The molecule has 3 heteroatoms. The molecule has 0 spiro atoms. The summed E-state index contributed by atoms with van der Waals surface area (Å²) in [4.78, 5) is 12.1. The molecular weight excluding hydrogens is 382 g/mol. The summed E-state index contributed by atoms with van der Waals surface area (Å²) < 4.78 is 5.80. The van der Waals surface area contributed by atoms with Gasteiger partial charge in [0.15, 0.2) is 6.61 Å². The van der Waals surface area contributed by atoms with Gasteiger partial charge in [-0.25, -0.2) is 0 Å². The topological polar surface area (TPSA) is 38.3 Å². The lowest BCUT2D eigenvalue weighted by Crippen LogP contribution is -2.29. The number of rotatable bonds is 19. The lowest BCUT2D eigenvalue weighted by Gasteiger charge is -2.14. The van der Waals surface area contributed by atoms with Gasteiger partial charge in [-0.05, 0) is 36.5 Å². The molecule has 1 N–H and O–H groups in total. The first-order chi connectivity index (χ1) is 15.0. The molecule has 0 aliphatic carbocycles. The smallest absolute Gasteiger partial charge is 0.257 e. The number of unbranched alkanes of at least 4 members (excludes halogenated alkanes) is 13. The molecule has 0 aliphatic heterocycles. The molecule has 1 aromatic carbocycles. The molecule has 0 unspecified atom stereocenters. The van der Waals surface area contributed by atoms with E-state index in [2.05, 4.69) is 38.2 Å². The van der Waals surface area contributed by atoms with Crippen molar-refractivity contribution in [3.05, 3.63) is 29.3 Å². The highest BCUT2D eigenvalue weighted by Crippen LogP contribution is 2.27. The maximum absolute atomic E-state index is 12.1. The van der Waals surface area contributed by atoms with Gasteiger partial charge in [-0.1, -0.05) is 116 Å². The molecule has 0 aromatic heterocycles.